The summed E-state index contributed by atoms with van der Waals surface area (Å²) in [5, 5.41) is 3.51. The van der Waals surface area contributed by atoms with Gasteiger partial charge in [0.2, 0.25) is 0 Å². The molecule has 0 aliphatic carbocycles. The number of carbonyl (C=O) groups excluding carboxylic acids is 1. The van der Waals surface area contributed by atoms with Crippen molar-refractivity contribution in [3.8, 4) is 0 Å². The lowest BCUT2D eigenvalue weighted by Crippen LogP contribution is -2.35. The van der Waals surface area contributed by atoms with E-state index < -0.39 is 5.60 Å². The lowest BCUT2D eigenvalue weighted by molar-refractivity contribution is 0.0291. The fourth-order valence-electron chi connectivity index (χ4n) is 3.81. The molecule has 0 aromatic heterocycles. The maximum absolute atomic E-state index is 13.4. The van der Waals surface area contributed by atoms with Crippen LogP contribution in [0.25, 0.3) is 0 Å². The van der Waals surface area contributed by atoms with Gasteiger partial charge in [0.25, 0.3) is 0 Å². The Labute approximate surface area is 203 Å². The molecule has 34 heavy (non-hydrogen) atoms. The molecule has 0 bridgehead atoms. The predicted octanol–water partition coefficient (Wildman–Crippen LogP) is 6.75. The Morgan fingerprint density at radius 3 is 1.94 bits per heavy atom. The van der Waals surface area contributed by atoms with E-state index in [4.69, 9.17) is 4.74 Å². The van der Waals surface area contributed by atoms with Crippen LogP contribution in [0.1, 0.15) is 70.4 Å². The van der Waals surface area contributed by atoms with Crippen LogP contribution in [0.3, 0.4) is 0 Å². The third-order valence-electron chi connectivity index (χ3n) is 5.87. The second-order valence-electron chi connectivity index (χ2n) is 10.1. The number of rotatable bonds is 12. The normalized spacial score (nSPS) is 12.6. The minimum Gasteiger partial charge on any atom is -0.444 e. The number of halogens is 2. The van der Waals surface area contributed by atoms with E-state index in [1.165, 1.54) is 24.3 Å². The standard InChI is InChI=1S/C28H40F2N2O2/c1-21(17-20-32(5)27(33)34-28(2,3)4)16-19-31-18-6-7-26(22-8-12-24(29)13-9-22)23-10-14-25(30)15-11-23/h8-15,21,26,31H,6-7,16-20H2,1-5H3/t21-/m1/s1. The van der Waals surface area contributed by atoms with Crippen LogP contribution in [0.2, 0.25) is 0 Å². The highest BCUT2D eigenvalue weighted by molar-refractivity contribution is 5.67. The lowest BCUT2D eigenvalue weighted by Gasteiger charge is -2.25. The van der Waals surface area contributed by atoms with Gasteiger partial charge in [0, 0.05) is 19.5 Å². The van der Waals surface area contributed by atoms with Crippen LogP contribution in [0, 0.1) is 17.6 Å². The lowest BCUT2D eigenvalue weighted by atomic mass is 9.87. The SMILES string of the molecule is C[C@H](CCNCCCC(c1ccc(F)cc1)c1ccc(F)cc1)CCN(C)C(=O)OC(C)(C)C. The number of benzene rings is 2. The van der Waals surface area contributed by atoms with Crippen molar-refractivity contribution in [2.24, 2.45) is 5.92 Å². The maximum atomic E-state index is 13.4. The van der Waals surface area contributed by atoms with E-state index in [-0.39, 0.29) is 23.6 Å². The molecule has 1 amide bonds. The van der Waals surface area contributed by atoms with Crippen LogP contribution in [0.5, 0.6) is 0 Å². The second kappa shape index (κ2) is 13.4. The molecular formula is C28H40F2N2O2. The van der Waals surface area contributed by atoms with Crippen molar-refractivity contribution in [1.82, 2.24) is 10.2 Å². The third-order valence-corrected chi connectivity index (χ3v) is 5.87. The minimum atomic E-state index is -0.479. The summed E-state index contributed by atoms with van der Waals surface area (Å²) in [6.07, 6.45) is 3.51. The zero-order valence-corrected chi connectivity index (χ0v) is 21.2. The molecule has 0 spiro atoms. The van der Waals surface area contributed by atoms with E-state index in [9.17, 15) is 13.6 Å². The van der Waals surface area contributed by atoms with Crippen molar-refractivity contribution >= 4 is 6.09 Å². The molecule has 4 nitrogen and oxygen atoms in total. The Morgan fingerprint density at radius 1 is 0.912 bits per heavy atom. The summed E-state index contributed by atoms with van der Waals surface area (Å²) in [5.74, 6) is 0.0817. The summed E-state index contributed by atoms with van der Waals surface area (Å²) in [6.45, 7) is 10.3. The van der Waals surface area contributed by atoms with E-state index in [0.29, 0.717) is 12.5 Å². The van der Waals surface area contributed by atoms with E-state index >= 15 is 0 Å². The Morgan fingerprint density at radius 2 is 1.44 bits per heavy atom. The third kappa shape index (κ3) is 10.2. The molecular weight excluding hydrogens is 434 g/mol. The molecule has 0 radical (unpaired) electrons. The van der Waals surface area contributed by atoms with Crippen LogP contribution in [-0.4, -0.2) is 43.3 Å². The fraction of sp³-hybridized carbons (Fsp3) is 0.536. The Hall–Kier alpha value is -2.47. The number of hydrogen-bond acceptors (Lipinski definition) is 3. The van der Waals surface area contributed by atoms with Gasteiger partial charge in [0.15, 0.2) is 0 Å². The van der Waals surface area contributed by atoms with Crippen molar-refractivity contribution in [2.45, 2.75) is 64.9 Å². The van der Waals surface area contributed by atoms with Gasteiger partial charge in [-0.05, 0) is 101 Å². The van der Waals surface area contributed by atoms with E-state index in [0.717, 1.165) is 49.9 Å². The molecule has 0 aliphatic heterocycles. The van der Waals surface area contributed by atoms with Crippen molar-refractivity contribution in [2.75, 3.05) is 26.7 Å². The number of nitrogens with one attached hydrogen (secondary N) is 1. The summed E-state index contributed by atoms with van der Waals surface area (Å²) < 4.78 is 32.2. The van der Waals surface area contributed by atoms with Crippen molar-refractivity contribution in [1.29, 1.82) is 0 Å². The summed E-state index contributed by atoms with van der Waals surface area (Å²) in [4.78, 5) is 13.7. The molecule has 0 fully saturated rings. The molecule has 188 valence electrons. The van der Waals surface area contributed by atoms with Crippen molar-refractivity contribution in [3.05, 3.63) is 71.3 Å². The second-order valence-corrected chi connectivity index (χ2v) is 10.1. The summed E-state index contributed by atoms with van der Waals surface area (Å²) >= 11 is 0. The smallest absolute Gasteiger partial charge is 0.410 e. The highest BCUT2D eigenvalue weighted by atomic mass is 19.1. The van der Waals surface area contributed by atoms with Gasteiger partial charge >= 0.3 is 6.09 Å². The molecule has 0 aliphatic rings. The van der Waals surface area contributed by atoms with Crippen molar-refractivity contribution in [3.63, 3.8) is 0 Å². The quantitative estimate of drug-likeness (QED) is 0.346. The van der Waals surface area contributed by atoms with Crippen LogP contribution in [0.4, 0.5) is 13.6 Å². The van der Waals surface area contributed by atoms with Crippen LogP contribution in [-0.2, 0) is 4.74 Å². The summed E-state index contributed by atoms with van der Waals surface area (Å²) in [7, 11) is 1.78. The first-order valence-corrected chi connectivity index (χ1v) is 12.2. The first-order valence-electron chi connectivity index (χ1n) is 12.2. The zero-order valence-electron chi connectivity index (χ0n) is 21.2. The van der Waals surface area contributed by atoms with Crippen LogP contribution < -0.4 is 5.32 Å². The molecule has 2 aromatic carbocycles. The molecule has 0 saturated heterocycles. The van der Waals surface area contributed by atoms with Gasteiger partial charge in [-0.3, -0.25) is 0 Å². The predicted molar refractivity (Wildman–Crippen MR) is 134 cm³/mol. The first-order chi connectivity index (χ1) is 16.0. The van der Waals surface area contributed by atoms with E-state index in [1.54, 1.807) is 11.9 Å². The van der Waals surface area contributed by atoms with Gasteiger partial charge in [-0.15, -0.1) is 0 Å². The Bertz CT molecular complexity index is 818. The van der Waals surface area contributed by atoms with E-state index in [2.05, 4.69) is 12.2 Å². The molecule has 6 heteroatoms. The molecule has 0 saturated carbocycles. The topological polar surface area (TPSA) is 41.6 Å². The largest absolute Gasteiger partial charge is 0.444 e. The highest BCUT2D eigenvalue weighted by Crippen LogP contribution is 2.29. The molecule has 1 N–H and O–H groups in total. The van der Waals surface area contributed by atoms with E-state index in [1.807, 2.05) is 45.0 Å². The number of ether oxygens (including phenoxy) is 1. The Kier molecular flexibility index (Phi) is 11.0. The van der Waals surface area contributed by atoms with Gasteiger partial charge in [-0.25, -0.2) is 13.6 Å². The van der Waals surface area contributed by atoms with Crippen molar-refractivity contribution < 1.29 is 18.3 Å². The molecule has 0 unspecified atom stereocenters. The zero-order chi connectivity index (χ0) is 25.1. The van der Waals surface area contributed by atoms with Gasteiger partial charge in [0.05, 0.1) is 0 Å². The van der Waals surface area contributed by atoms with Gasteiger partial charge in [0.1, 0.15) is 17.2 Å². The number of carbonyl (C=O) groups is 1. The maximum Gasteiger partial charge on any atom is 0.410 e. The van der Waals surface area contributed by atoms with Gasteiger partial charge in [-0.1, -0.05) is 31.2 Å². The summed E-state index contributed by atoms with van der Waals surface area (Å²) in [5.41, 5.74) is 1.60. The molecule has 1 atom stereocenters. The average molecular weight is 475 g/mol. The van der Waals surface area contributed by atoms with Gasteiger partial charge < -0.3 is 15.0 Å². The number of hydrogen-bond donors (Lipinski definition) is 1. The van der Waals surface area contributed by atoms with Gasteiger partial charge in [-0.2, -0.15) is 0 Å². The molecule has 2 aromatic rings. The highest BCUT2D eigenvalue weighted by Gasteiger charge is 2.20. The minimum absolute atomic E-state index is 0.102. The Balaban J connectivity index is 1.72. The molecule has 0 heterocycles. The first kappa shape index (κ1) is 27.8. The monoisotopic (exact) mass is 474 g/mol. The summed E-state index contributed by atoms with van der Waals surface area (Å²) in [6, 6.07) is 13.2. The fourth-order valence-corrected chi connectivity index (χ4v) is 3.81. The number of nitrogens with zero attached hydrogens (tertiary/aromatic N) is 1. The number of amides is 1. The van der Waals surface area contributed by atoms with Crippen LogP contribution in [0.15, 0.2) is 48.5 Å². The average Bonchev–Trinajstić information content (AvgIpc) is 2.77. The molecule has 2 rings (SSSR count). The van der Waals surface area contributed by atoms with Crippen LogP contribution >= 0.6 is 0 Å².